The average Bonchev–Trinajstić information content (AvgIpc) is 2.95. The minimum atomic E-state index is -0.417. The quantitative estimate of drug-likeness (QED) is 0.748. The van der Waals surface area contributed by atoms with Gasteiger partial charge in [0.15, 0.2) is 0 Å². The second kappa shape index (κ2) is 6.50. The highest BCUT2D eigenvalue weighted by molar-refractivity contribution is 5.09. The Morgan fingerprint density at radius 3 is 2.09 bits per heavy atom. The molecule has 23 heavy (non-hydrogen) atoms. The molecule has 2 bridgehead atoms. The molecule has 0 aromatic heterocycles. The van der Waals surface area contributed by atoms with Gasteiger partial charge in [-0.05, 0) is 57.8 Å². The van der Waals surface area contributed by atoms with Crippen LogP contribution in [0, 0.1) is 11.8 Å². The first kappa shape index (κ1) is 19.0. The van der Waals surface area contributed by atoms with Crippen molar-refractivity contribution < 1.29 is 14.9 Å². The van der Waals surface area contributed by atoms with E-state index in [2.05, 4.69) is 40.7 Å². The first-order chi connectivity index (χ1) is 10.5. The summed E-state index contributed by atoms with van der Waals surface area (Å²) in [5, 5.41) is 19.8. The molecular weight excluding hydrogens is 288 g/mol. The van der Waals surface area contributed by atoms with Crippen LogP contribution in [0.1, 0.15) is 80.1 Å². The second-order valence-electron chi connectivity index (χ2n) is 8.87. The van der Waals surface area contributed by atoms with Crippen molar-refractivity contribution in [1.82, 2.24) is 0 Å². The Kier molecular flexibility index (Phi) is 5.35. The van der Waals surface area contributed by atoms with Gasteiger partial charge in [0.2, 0.25) is 0 Å². The van der Waals surface area contributed by atoms with E-state index in [0.29, 0.717) is 11.8 Å². The van der Waals surface area contributed by atoms with Gasteiger partial charge >= 0.3 is 0 Å². The van der Waals surface area contributed by atoms with Crippen LogP contribution in [0.3, 0.4) is 0 Å². The first-order valence-corrected chi connectivity index (χ1v) is 9.29. The van der Waals surface area contributed by atoms with Gasteiger partial charge in [0, 0.05) is 6.42 Å². The SMILES string of the molecule is CC(C)C12CCC(C)(O1)C(O)C2.CC1=CCC(O)(C(C)C)CC1. The van der Waals surface area contributed by atoms with Crippen LogP contribution in [0.5, 0.6) is 0 Å². The molecule has 0 amide bonds. The summed E-state index contributed by atoms with van der Waals surface area (Å²) in [6, 6.07) is 0. The molecule has 134 valence electrons. The minimum absolute atomic E-state index is 0.00579. The zero-order chi connectivity index (χ0) is 17.5. The molecule has 0 spiro atoms. The fourth-order valence-electron chi connectivity index (χ4n) is 4.08. The lowest BCUT2D eigenvalue weighted by Crippen LogP contribution is -2.36. The van der Waals surface area contributed by atoms with E-state index in [4.69, 9.17) is 4.74 Å². The van der Waals surface area contributed by atoms with Gasteiger partial charge < -0.3 is 14.9 Å². The summed E-state index contributed by atoms with van der Waals surface area (Å²) in [6.07, 6.45) is 7.75. The van der Waals surface area contributed by atoms with Crippen molar-refractivity contribution in [1.29, 1.82) is 0 Å². The topological polar surface area (TPSA) is 49.7 Å². The smallest absolute Gasteiger partial charge is 0.0922 e. The zero-order valence-corrected chi connectivity index (χ0v) is 15.9. The van der Waals surface area contributed by atoms with Gasteiger partial charge in [-0.15, -0.1) is 0 Å². The fraction of sp³-hybridized carbons (Fsp3) is 0.900. The Labute approximate surface area is 142 Å². The Hall–Kier alpha value is -0.380. The molecule has 0 saturated carbocycles. The summed E-state index contributed by atoms with van der Waals surface area (Å²) < 4.78 is 5.97. The maximum absolute atomic E-state index is 10.0. The van der Waals surface area contributed by atoms with E-state index in [0.717, 1.165) is 38.5 Å². The summed E-state index contributed by atoms with van der Waals surface area (Å²) in [4.78, 5) is 0. The Bertz CT molecular complexity index is 456. The molecule has 4 atom stereocenters. The molecule has 3 nitrogen and oxygen atoms in total. The van der Waals surface area contributed by atoms with Gasteiger partial charge in [-0.25, -0.2) is 0 Å². The Morgan fingerprint density at radius 1 is 1.13 bits per heavy atom. The second-order valence-corrected chi connectivity index (χ2v) is 8.87. The van der Waals surface area contributed by atoms with Crippen LogP contribution in [0.25, 0.3) is 0 Å². The lowest BCUT2D eigenvalue weighted by atomic mass is 9.76. The van der Waals surface area contributed by atoms with Crippen molar-refractivity contribution in [2.75, 3.05) is 0 Å². The summed E-state index contributed by atoms with van der Waals surface area (Å²) >= 11 is 0. The van der Waals surface area contributed by atoms with E-state index >= 15 is 0 Å². The molecule has 2 fully saturated rings. The summed E-state index contributed by atoms with van der Waals surface area (Å²) in [5.74, 6) is 0.906. The molecule has 2 aliphatic heterocycles. The van der Waals surface area contributed by atoms with Crippen LogP contribution in [-0.2, 0) is 4.74 Å². The van der Waals surface area contributed by atoms with Crippen LogP contribution in [0.15, 0.2) is 11.6 Å². The maximum Gasteiger partial charge on any atom is 0.0922 e. The third kappa shape index (κ3) is 3.67. The summed E-state index contributed by atoms with van der Waals surface area (Å²) in [7, 11) is 0. The molecule has 4 unspecified atom stereocenters. The van der Waals surface area contributed by atoms with Gasteiger partial charge in [-0.3, -0.25) is 0 Å². The molecule has 1 aliphatic carbocycles. The fourth-order valence-corrected chi connectivity index (χ4v) is 4.08. The van der Waals surface area contributed by atoms with Crippen LogP contribution in [0.4, 0.5) is 0 Å². The van der Waals surface area contributed by atoms with E-state index in [-0.39, 0.29) is 17.3 Å². The molecule has 0 aromatic rings. The first-order valence-electron chi connectivity index (χ1n) is 9.29. The molecule has 0 radical (unpaired) electrons. The van der Waals surface area contributed by atoms with Crippen LogP contribution >= 0.6 is 0 Å². The largest absolute Gasteiger partial charge is 0.390 e. The van der Waals surface area contributed by atoms with Gasteiger partial charge in [0.1, 0.15) is 0 Å². The Balaban J connectivity index is 0.000000168. The third-order valence-electron chi connectivity index (χ3n) is 6.61. The normalized spacial score (nSPS) is 42.7. The Morgan fingerprint density at radius 2 is 1.78 bits per heavy atom. The highest BCUT2D eigenvalue weighted by Gasteiger charge is 2.59. The van der Waals surface area contributed by atoms with E-state index < -0.39 is 5.60 Å². The number of ether oxygens (including phenoxy) is 1. The summed E-state index contributed by atoms with van der Waals surface area (Å²) in [6.45, 7) is 12.7. The van der Waals surface area contributed by atoms with E-state index in [9.17, 15) is 10.2 Å². The van der Waals surface area contributed by atoms with Gasteiger partial charge in [0.25, 0.3) is 0 Å². The molecule has 2 heterocycles. The number of fused-ring (bicyclic) bond motifs is 2. The van der Waals surface area contributed by atoms with Crippen molar-refractivity contribution >= 4 is 0 Å². The molecule has 3 rings (SSSR count). The zero-order valence-electron chi connectivity index (χ0n) is 15.9. The van der Waals surface area contributed by atoms with Crippen LogP contribution in [0.2, 0.25) is 0 Å². The number of aliphatic hydroxyl groups is 2. The molecule has 3 aliphatic rings. The average molecular weight is 325 g/mol. The highest BCUT2D eigenvalue weighted by Crippen LogP contribution is 2.53. The van der Waals surface area contributed by atoms with Gasteiger partial charge in [0.05, 0.1) is 22.9 Å². The van der Waals surface area contributed by atoms with Crippen molar-refractivity contribution in [3.05, 3.63) is 11.6 Å². The van der Waals surface area contributed by atoms with Crippen LogP contribution < -0.4 is 0 Å². The van der Waals surface area contributed by atoms with Crippen LogP contribution in [-0.4, -0.2) is 33.1 Å². The van der Waals surface area contributed by atoms with Crippen molar-refractivity contribution in [2.45, 2.75) is 103 Å². The minimum Gasteiger partial charge on any atom is -0.390 e. The number of allylic oxidation sites excluding steroid dienone is 1. The molecule has 3 heteroatoms. The third-order valence-corrected chi connectivity index (χ3v) is 6.61. The van der Waals surface area contributed by atoms with Crippen molar-refractivity contribution in [2.24, 2.45) is 11.8 Å². The lowest BCUT2D eigenvalue weighted by molar-refractivity contribution is -0.0801. The van der Waals surface area contributed by atoms with Crippen molar-refractivity contribution in [3.63, 3.8) is 0 Å². The lowest BCUT2D eigenvalue weighted by Gasteiger charge is -2.34. The maximum atomic E-state index is 10.0. The number of rotatable bonds is 2. The van der Waals surface area contributed by atoms with E-state index in [1.165, 1.54) is 5.57 Å². The van der Waals surface area contributed by atoms with E-state index in [1.54, 1.807) is 0 Å². The number of aliphatic hydroxyl groups excluding tert-OH is 1. The standard InChI is InChI=1S/C10H18O2.C10H18O/c1-7(2)10-5-4-9(3,12-10)8(11)6-10;1-8(2)10(11)6-4-9(3)5-7-10/h7-8,11H,4-6H2,1-3H3;4,8,11H,5-7H2,1-3H3. The summed E-state index contributed by atoms with van der Waals surface area (Å²) in [5.41, 5.74) is 0.771. The highest BCUT2D eigenvalue weighted by atomic mass is 16.6. The molecule has 2 saturated heterocycles. The monoisotopic (exact) mass is 324 g/mol. The molecule has 0 aromatic carbocycles. The molecular formula is C20H36O3. The van der Waals surface area contributed by atoms with Gasteiger partial charge in [-0.1, -0.05) is 39.3 Å². The molecule has 2 N–H and O–H groups in total. The number of hydrogen-bond donors (Lipinski definition) is 2. The van der Waals surface area contributed by atoms with Crippen molar-refractivity contribution in [3.8, 4) is 0 Å². The van der Waals surface area contributed by atoms with Gasteiger partial charge in [-0.2, -0.15) is 0 Å². The number of hydrogen-bond acceptors (Lipinski definition) is 3. The predicted molar refractivity (Wildman–Crippen MR) is 94.3 cm³/mol. The predicted octanol–water partition coefficient (Wildman–Crippen LogP) is 4.22. The van der Waals surface area contributed by atoms with E-state index in [1.807, 2.05) is 6.92 Å².